The molecule has 2 aromatic heterocycles. The van der Waals surface area contributed by atoms with Gasteiger partial charge in [0.15, 0.2) is 5.76 Å². The molecule has 0 bridgehead atoms. The molecule has 0 saturated heterocycles. The van der Waals surface area contributed by atoms with Gasteiger partial charge in [0.2, 0.25) is 5.82 Å². The number of nitrogens with one attached hydrogen (secondary N) is 2. The molecule has 3 N–H and O–H groups in total. The van der Waals surface area contributed by atoms with E-state index in [0.717, 1.165) is 22.5 Å². The Kier molecular flexibility index (Phi) is 6.63. The quantitative estimate of drug-likeness (QED) is 0.442. The van der Waals surface area contributed by atoms with Crippen LogP contribution in [0.3, 0.4) is 0 Å². The van der Waals surface area contributed by atoms with Crippen molar-refractivity contribution in [3.8, 4) is 0 Å². The molecule has 0 aliphatic heterocycles. The molecule has 3 rings (SSSR count). The number of nitrogens with zero attached hydrogens (tertiary/aromatic N) is 1. The second-order valence-electron chi connectivity index (χ2n) is 7.13. The summed E-state index contributed by atoms with van der Waals surface area (Å²) in [5.74, 6) is -1.56. The van der Waals surface area contributed by atoms with Crippen LogP contribution in [0, 0.1) is 27.7 Å². The Morgan fingerprint density at radius 1 is 1.22 bits per heavy atom. The zero-order chi connectivity index (χ0) is 23.8. The van der Waals surface area contributed by atoms with Gasteiger partial charge in [0, 0.05) is 5.69 Å². The standard InChI is InChI=1S/C20H20ClN3O6S2/c1-9-7-10(2)17(11(3)13(9)8-15(25)26)22-20(27)18-14(5-6-31-18)32(28,29)24-19-16(21)12(4)30-23-19/h5-7H,8H2,1-4H3,(H,22,27)(H,23,24)(H,25,26). The lowest BCUT2D eigenvalue weighted by molar-refractivity contribution is -0.136. The molecule has 170 valence electrons. The normalized spacial score (nSPS) is 11.4. The van der Waals surface area contributed by atoms with Gasteiger partial charge in [0.25, 0.3) is 15.9 Å². The number of amides is 1. The van der Waals surface area contributed by atoms with Gasteiger partial charge in [-0.3, -0.25) is 14.3 Å². The monoisotopic (exact) mass is 497 g/mol. The van der Waals surface area contributed by atoms with Crippen LogP contribution in [0.2, 0.25) is 5.02 Å². The summed E-state index contributed by atoms with van der Waals surface area (Å²) in [6, 6.07) is 3.08. The third-order valence-corrected chi connectivity index (χ3v) is 7.71. The van der Waals surface area contributed by atoms with Crippen molar-refractivity contribution in [2.75, 3.05) is 10.0 Å². The Morgan fingerprint density at radius 3 is 2.50 bits per heavy atom. The highest BCUT2D eigenvalue weighted by Crippen LogP contribution is 2.31. The van der Waals surface area contributed by atoms with Crippen LogP contribution in [0.4, 0.5) is 11.5 Å². The molecule has 0 fully saturated rings. The summed E-state index contributed by atoms with van der Waals surface area (Å²) in [4.78, 5) is 24.0. The predicted molar refractivity (Wildman–Crippen MR) is 121 cm³/mol. The molecular formula is C20H20ClN3O6S2. The number of rotatable bonds is 7. The molecule has 3 aromatic rings. The highest BCUT2D eigenvalue weighted by molar-refractivity contribution is 7.93. The fraction of sp³-hybridized carbons (Fsp3) is 0.250. The van der Waals surface area contributed by atoms with E-state index < -0.39 is 21.9 Å². The smallest absolute Gasteiger partial charge is 0.307 e. The largest absolute Gasteiger partial charge is 0.481 e. The van der Waals surface area contributed by atoms with Crippen LogP contribution >= 0.6 is 22.9 Å². The van der Waals surface area contributed by atoms with E-state index in [1.54, 1.807) is 26.8 Å². The number of aliphatic carboxylic acids is 1. The minimum Gasteiger partial charge on any atom is -0.481 e. The SMILES string of the molecule is Cc1cc(C)c(NC(=O)c2sccc2S(=O)(=O)Nc2noc(C)c2Cl)c(C)c1CC(=O)O. The van der Waals surface area contributed by atoms with Crippen molar-refractivity contribution in [2.45, 2.75) is 39.0 Å². The maximum absolute atomic E-state index is 13.0. The number of aryl methyl sites for hydroxylation is 3. The van der Waals surface area contributed by atoms with E-state index in [4.69, 9.17) is 16.1 Å². The molecule has 12 heteroatoms. The van der Waals surface area contributed by atoms with E-state index in [1.807, 2.05) is 0 Å². The van der Waals surface area contributed by atoms with Gasteiger partial charge in [-0.05, 0) is 61.4 Å². The van der Waals surface area contributed by atoms with Gasteiger partial charge in [-0.15, -0.1) is 11.3 Å². The van der Waals surface area contributed by atoms with E-state index in [0.29, 0.717) is 16.8 Å². The molecule has 0 atom stereocenters. The van der Waals surface area contributed by atoms with Crippen molar-refractivity contribution in [2.24, 2.45) is 0 Å². The van der Waals surface area contributed by atoms with Crippen LogP contribution in [-0.4, -0.2) is 30.6 Å². The molecule has 32 heavy (non-hydrogen) atoms. The average Bonchev–Trinajstić information content (AvgIpc) is 3.31. The van der Waals surface area contributed by atoms with E-state index in [-0.39, 0.29) is 32.8 Å². The number of sulfonamides is 1. The van der Waals surface area contributed by atoms with Crippen LogP contribution in [0.25, 0.3) is 0 Å². The maximum Gasteiger partial charge on any atom is 0.307 e. The van der Waals surface area contributed by atoms with Crippen LogP contribution < -0.4 is 10.0 Å². The summed E-state index contributed by atoms with van der Waals surface area (Å²) in [6.07, 6.45) is -0.193. The minimum atomic E-state index is -4.18. The number of carbonyl (C=O) groups is 2. The molecule has 0 spiro atoms. The Morgan fingerprint density at radius 2 is 1.91 bits per heavy atom. The van der Waals surface area contributed by atoms with Crippen molar-refractivity contribution in [3.05, 3.63) is 55.4 Å². The van der Waals surface area contributed by atoms with Crippen LogP contribution in [-0.2, 0) is 21.2 Å². The van der Waals surface area contributed by atoms with Gasteiger partial charge in [-0.1, -0.05) is 22.8 Å². The number of anilines is 2. The second kappa shape index (κ2) is 8.93. The first-order chi connectivity index (χ1) is 14.9. The Balaban J connectivity index is 1.94. The van der Waals surface area contributed by atoms with Crippen molar-refractivity contribution in [3.63, 3.8) is 0 Å². The topological polar surface area (TPSA) is 139 Å². The number of halogens is 1. The van der Waals surface area contributed by atoms with Gasteiger partial charge >= 0.3 is 5.97 Å². The first-order valence-corrected chi connectivity index (χ1v) is 12.0. The number of carboxylic acids is 1. The summed E-state index contributed by atoms with van der Waals surface area (Å²) < 4.78 is 32.8. The fourth-order valence-electron chi connectivity index (χ4n) is 3.29. The summed E-state index contributed by atoms with van der Waals surface area (Å²) in [5.41, 5.74) is 3.17. The van der Waals surface area contributed by atoms with E-state index >= 15 is 0 Å². The number of hydrogen-bond donors (Lipinski definition) is 3. The molecule has 0 saturated carbocycles. The van der Waals surface area contributed by atoms with Crippen molar-refractivity contribution in [1.82, 2.24) is 5.16 Å². The second-order valence-corrected chi connectivity index (χ2v) is 10.1. The highest BCUT2D eigenvalue weighted by Gasteiger charge is 2.27. The lowest BCUT2D eigenvalue weighted by atomic mass is 9.95. The Labute approximate surface area is 193 Å². The average molecular weight is 498 g/mol. The van der Waals surface area contributed by atoms with Gasteiger partial charge in [0.1, 0.15) is 14.8 Å². The molecular weight excluding hydrogens is 478 g/mol. The molecule has 2 heterocycles. The Bertz CT molecular complexity index is 1330. The van der Waals surface area contributed by atoms with E-state index in [2.05, 4.69) is 15.2 Å². The zero-order valence-electron chi connectivity index (χ0n) is 17.6. The minimum absolute atomic E-state index is 0.0201. The number of hydrogen-bond acceptors (Lipinski definition) is 7. The molecule has 1 amide bonds. The fourth-order valence-corrected chi connectivity index (χ4v) is 5.80. The van der Waals surface area contributed by atoms with Gasteiger partial charge in [0.05, 0.1) is 6.42 Å². The van der Waals surface area contributed by atoms with Crippen molar-refractivity contribution >= 4 is 56.3 Å². The third-order valence-electron chi connectivity index (χ3n) is 4.84. The first kappa shape index (κ1) is 23.8. The number of carboxylic acid groups (broad SMARTS) is 1. The molecule has 0 aliphatic rings. The number of carbonyl (C=O) groups excluding carboxylic acids is 1. The van der Waals surface area contributed by atoms with Crippen LogP contribution in [0.15, 0.2) is 26.9 Å². The van der Waals surface area contributed by atoms with Crippen molar-refractivity contribution < 1.29 is 27.6 Å². The maximum atomic E-state index is 13.0. The van der Waals surface area contributed by atoms with E-state index in [1.165, 1.54) is 18.4 Å². The van der Waals surface area contributed by atoms with Crippen LogP contribution in [0.1, 0.15) is 37.7 Å². The molecule has 0 radical (unpaired) electrons. The van der Waals surface area contributed by atoms with Gasteiger partial charge in [-0.25, -0.2) is 8.42 Å². The number of benzene rings is 1. The predicted octanol–water partition coefficient (Wildman–Crippen LogP) is 4.30. The molecule has 1 aromatic carbocycles. The van der Waals surface area contributed by atoms with E-state index in [9.17, 15) is 23.1 Å². The summed E-state index contributed by atoms with van der Waals surface area (Å²) in [7, 11) is -4.18. The summed E-state index contributed by atoms with van der Waals surface area (Å²) >= 11 is 6.93. The Hall–Kier alpha value is -2.89. The molecule has 0 unspecified atom stereocenters. The third kappa shape index (κ3) is 4.64. The lowest BCUT2D eigenvalue weighted by Crippen LogP contribution is -2.20. The van der Waals surface area contributed by atoms with Crippen molar-refractivity contribution in [1.29, 1.82) is 0 Å². The number of aromatic nitrogens is 1. The number of thiophene rings is 1. The summed E-state index contributed by atoms with van der Waals surface area (Å²) in [6.45, 7) is 6.83. The molecule has 9 nitrogen and oxygen atoms in total. The first-order valence-electron chi connectivity index (χ1n) is 9.27. The summed E-state index contributed by atoms with van der Waals surface area (Å²) in [5, 5.41) is 17.0. The zero-order valence-corrected chi connectivity index (χ0v) is 20.0. The highest BCUT2D eigenvalue weighted by atomic mass is 35.5. The van der Waals surface area contributed by atoms with Crippen LogP contribution in [0.5, 0.6) is 0 Å². The van der Waals surface area contributed by atoms with Gasteiger partial charge < -0.3 is 14.9 Å². The molecule has 0 aliphatic carbocycles. The lowest BCUT2D eigenvalue weighted by Gasteiger charge is -2.17. The van der Waals surface area contributed by atoms with Gasteiger partial charge in [-0.2, -0.15) is 0 Å².